The van der Waals surface area contributed by atoms with E-state index < -0.39 is 0 Å². The number of rotatable bonds is 2. The molecule has 0 aromatic carbocycles. The molecular weight excluding hydrogens is 107 g/mol. The predicted octanol–water partition coefficient (Wildman–Crippen LogP) is 1.33. The molecule has 40 valence electrons. The fourth-order valence-corrected chi connectivity index (χ4v) is 0.340. The molecule has 0 saturated heterocycles. The topological polar surface area (TPSA) is 24.7 Å². The van der Waals surface area contributed by atoms with Crippen molar-refractivity contribution in [2.75, 3.05) is 6.66 Å². The van der Waals surface area contributed by atoms with Gasteiger partial charge in [-0.15, -0.1) is 0 Å². The molecule has 0 aromatic heterocycles. The molecular formula is C4H9N2P. The van der Waals surface area contributed by atoms with Crippen LogP contribution in [0.3, 0.4) is 0 Å². The third-order valence-electron chi connectivity index (χ3n) is 0.403. The lowest BCUT2D eigenvalue weighted by Gasteiger charge is -1.72. The van der Waals surface area contributed by atoms with E-state index in [1.807, 2.05) is 13.6 Å². The van der Waals surface area contributed by atoms with Crippen molar-refractivity contribution in [2.45, 2.75) is 6.92 Å². The van der Waals surface area contributed by atoms with Gasteiger partial charge in [-0.25, -0.2) is 4.99 Å². The number of hydrogen-bond acceptors (Lipinski definition) is 1. The molecule has 0 N–H and O–H groups in total. The number of aliphatic imine (C=N–C) groups is 1. The summed E-state index contributed by atoms with van der Waals surface area (Å²) < 4.78 is 3.87. The summed E-state index contributed by atoms with van der Waals surface area (Å²) in [5.41, 5.74) is 0. The summed E-state index contributed by atoms with van der Waals surface area (Å²) >= 11 is 0. The summed E-state index contributed by atoms with van der Waals surface area (Å²) in [4.78, 5) is 3.75. The van der Waals surface area contributed by atoms with E-state index in [0.29, 0.717) is 8.73 Å². The monoisotopic (exact) mass is 116 g/mol. The number of hydrogen-bond donors (Lipinski definition) is 0. The molecule has 0 bridgehead atoms. The van der Waals surface area contributed by atoms with Crippen LogP contribution in [0, 0.1) is 0 Å². The van der Waals surface area contributed by atoms with Crippen molar-refractivity contribution in [2.24, 2.45) is 9.76 Å². The Morgan fingerprint density at radius 3 is 2.71 bits per heavy atom. The Morgan fingerprint density at radius 1 is 1.57 bits per heavy atom. The van der Waals surface area contributed by atoms with E-state index in [2.05, 4.69) is 9.76 Å². The number of nitrogens with zero attached hydrogens (tertiary/aromatic N) is 2. The summed E-state index contributed by atoms with van der Waals surface area (Å²) in [5, 5.41) is 0. The van der Waals surface area contributed by atoms with Crippen LogP contribution in [0.15, 0.2) is 9.76 Å². The lowest BCUT2D eigenvalue weighted by atomic mass is 10.9. The summed E-state index contributed by atoms with van der Waals surface area (Å²) in [6.45, 7) is 3.87. The van der Waals surface area contributed by atoms with Crippen LogP contribution in [0.1, 0.15) is 6.92 Å². The second-order valence-corrected chi connectivity index (χ2v) is 1.58. The molecule has 2 nitrogen and oxygen atoms in total. The van der Waals surface area contributed by atoms with E-state index in [-0.39, 0.29) is 0 Å². The van der Waals surface area contributed by atoms with Gasteiger partial charge in [0.25, 0.3) is 0 Å². The molecule has 0 spiro atoms. The van der Waals surface area contributed by atoms with Crippen molar-refractivity contribution < 1.29 is 0 Å². The van der Waals surface area contributed by atoms with Crippen molar-refractivity contribution in [3.8, 4) is 0 Å². The molecule has 7 heavy (non-hydrogen) atoms. The fraction of sp³-hybridized carbons (Fsp3) is 0.500. The first-order valence-corrected chi connectivity index (χ1v) is 3.52. The molecule has 0 aliphatic heterocycles. The minimum absolute atomic E-state index is 0.623. The summed E-state index contributed by atoms with van der Waals surface area (Å²) in [6, 6.07) is 0. The van der Waals surface area contributed by atoms with Gasteiger partial charge >= 0.3 is 0 Å². The molecule has 0 fully saturated rings. The van der Waals surface area contributed by atoms with Crippen molar-refractivity contribution in [1.29, 1.82) is 0 Å². The first-order valence-electron chi connectivity index (χ1n) is 2.08. The second kappa shape index (κ2) is 5.77. The molecule has 0 heterocycles. The first-order chi connectivity index (χ1) is 3.41. The van der Waals surface area contributed by atoms with Crippen LogP contribution in [0.5, 0.6) is 0 Å². The Kier molecular flexibility index (Phi) is 5.58. The van der Waals surface area contributed by atoms with Gasteiger partial charge < -0.3 is 0 Å². The van der Waals surface area contributed by atoms with Crippen LogP contribution in [-0.4, -0.2) is 19.2 Å². The summed E-state index contributed by atoms with van der Waals surface area (Å²) in [6.07, 6.45) is 3.28. The average molecular weight is 116 g/mol. The Hall–Kier alpha value is -0.230. The van der Waals surface area contributed by atoms with E-state index >= 15 is 0 Å². The van der Waals surface area contributed by atoms with E-state index in [4.69, 9.17) is 0 Å². The first kappa shape index (κ1) is 6.77. The van der Waals surface area contributed by atoms with Crippen molar-refractivity contribution in [1.82, 2.24) is 0 Å². The summed E-state index contributed by atoms with van der Waals surface area (Å²) in [7, 11) is 0.623. The van der Waals surface area contributed by atoms with Crippen molar-refractivity contribution >= 4 is 21.3 Å². The van der Waals surface area contributed by atoms with Gasteiger partial charge in [0.05, 0.1) is 0 Å². The lowest BCUT2D eigenvalue weighted by Crippen LogP contribution is -1.60. The van der Waals surface area contributed by atoms with Gasteiger partial charge in [-0.1, -0.05) is 0 Å². The van der Waals surface area contributed by atoms with E-state index in [1.54, 1.807) is 12.6 Å². The normalized spacial score (nSPS) is 13.4. The minimum Gasteiger partial charge on any atom is -0.253 e. The quantitative estimate of drug-likeness (QED) is 0.295. The Balaban J connectivity index is 3.09. The molecule has 1 atom stereocenters. The molecule has 0 aromatic rings. The van der Waals surface area contributed by atoms with Crippen LogP contribution in [-0.2, 0) is 0 Å². The van der Waals surface area contributed by atoms with Gasteiger partial charge in [0.15, 0.2) is 0 Å². The fourth-order valence-electron chi connectivity index (χ4n) is 0.158. The second-order valence-electron chi connectivity index (χ2n) is 0.875. The maximum atomic E-state index is 3.87. The third-order valence-corrected chi connectivity index (χ3v) is 0.776. The van der Waals surface area contributed by atoms with Crippen molar-refractivity contribution in [3.63, 3.8) is 0 Å². The SMILES string of the molecule is CC=NC=NPC. The van der Waals surface area contributed by atoms with Crippen LogP contribution in [0.4, 0.5) is 0 Å². The standard InChI is InChI=1S/C4H9N2P/c1-3-5-4-6-7-2/h3-4,7H,1-2H3. The molecule has 0 aliphatic rings. The smallest absolute Gasteiger partial charge is 0.113 e. The zero-order valence-corrected chi connectivity index (χ0v) is 5.55. The largest absolute Gasteiger partial charge is 0.253 e. The van der Waals surface area contributed by atoms with Gasteiger partial charge in [-0.05, 0) is 22.3 Å². The summed E-state index contributed by atoms with van der Waals surface area (Å²) in [5.74, 6) is 0. The van der Waals surface area contributed by atoms with Crippen LogP contribution < -0.4 is 0 Å². The maximum absolute atomic E-state index is 3.87. The molecule has 3 heteroatoms. The van der Waals surface area contributed by atoms with Gasteiger partial charge in [0, 0.05) is 6.21 Å². The average Bonchev–Trinajstić information content (AvgIpc) is 1.69. The Bertz CT molecular complexity index is 77.8. The van der Waals surface area contributed by atoms with E-state index in [0.717, 1.165) is 0 Å². The van der Waals surface area contributed by atoms with Crippen LogP contribution in [0.2, 0.25) is 0 Å². The Labute approximate surface area is 45.6 Å². The van der Waals surface area contributed by atoms with Crippen molar-refractivity contribution in [3.05, 3.63) is 0 Å². The van der Waals surface area contributed by atoms with Gasteiger partial charge in [0.1, 0.15) is 6.34 Å². The highest BCUT2D eigenvalue weighted by Crippen LogP contribution is 1.99. The third kappa shape index (κ3) is 5.77. The predicted molar refractivity (Wildman–Crippen MR) is 36.9 cm³/mol. The zero-order chi connectivity index (χ0) is 5.54. The van der Waals surface area contributed by atoms with Gasteiger partial charge in [-0.2, -0.15) is 0 Å². The highest BCUT2D eigenvalue weighted by Gasteiger charge is 1.57. The molecule has 0 radical (unpaired) electrons. The zero-order valence-electron chi connectivity index (χ0n) is 4.55. The highest BCUT2D eigenvalue weighted by molar-refractivity contribution is 7.35. The van der Waals surface area contributed by atoms with Crippen LogP contribution in [0.25, 0.3) is 0 Å². The molecule has 0 rings (SSSR count). The van der Waals surface area contributed by atoms with Crippen LogP contribution >= 0.6 is 8.73 Å². The minimum atomic E-state index is 0.623. The Morgan fingerprint density at radius 2 is 2.29 bits per heavy atom. The molecule has 0 amide bonds. The van der Waals surface area contributed by atoms with E-state index in [9.17, 15) is 0 Å². The van der Waals surface area contributed by atoms with Gasteiger partial charge in [-0.3, -0.25) is 4.76 Å². The molecule has 0 saturated carbocycles. The van der Waals surface area contributed by atoms with Gasteiger partial charge in [0.2, 0.25) is 0 Å². The lowest BCUT2D eigenvalue weighted by molar-refractivity contribution is 1.73. The highest BCUT2D eigenvalue weighted by atomic mass is 31.1. The molecule has 1 unspecified atom stereocenters. The molecule has 0 aliphatic carbocycles. The maximum Gasteiger partial charge on any atom is 0.113 e. The van der Waals surface area contributed by atoms with E-state index in [1.165, 1.54) is 0 Å².